The van der Waals surface area contributed by atoms with Crippen molar-refractivity contribution in [3.05, 3.63) is 76.4 Å². The van der Waals surface area contributed by atoms with Crippen LogP contribution in [0.5, 0.6) is 0 Å². The van der Waals surface area contributed by atoms with Crippen molar-refractivity contribution in [3.8, 4) is 0 Å². The Labute approximate surface area is 176 Å². The molecule has 0 saturated heterocycles. The molecule has 0 bridgehead atoms. The highest BCUT2D eigenvalue weighted by molar-refractivity contribution is 7.90. The van der Waals surface area contributed by atoms with Gasteiger partial charge in [-0.1, -0.05) is 18.2 Å². The van der Waals surface area contributed by atoms with Gasteiger partial charge >= 0.3 is 0 Å². The van der Waals surface area contributed by atoms with Crippen molar-refractivity contribution in [1.82, 2.24) is 9.31 Å². The van der Waals surface area contributed by atoms with Crippen molar-refractivity contribution in [1.29, 1.82) is 0 Å². The predicted molar refractivity (Wildman–Crippen MR) is 108 cm³/mol. The molecular weight excluding hydrogens is 426 g/mol. The van der Waals surface area contributed by atoms with Crippen LogP contribution in [0.15, 0.2) is 74.6 Å². The van der Waals surface area contributed by atoms with Crippen LogP contribution in [0.2, 0.25) is 0 Å². The predicted octanol–water partition coefficient (Wildman–Crippen LogP) is 2.86. The summed E-state index contributed by atoms with van der Waals surface area (Å²) in [6.45, 7) is -0.618. The third kappa shape index (κ3) is 2.87. The molecule has 5 rings (SSSR count). The zero-order valence-electron chi connectivity index (χ0n) is 15.5. The molecule has 2 aromatic heterocycles. The number of carbonyl (C=O) groups excluding carboxylic acids is 2. The van der Waals surface area contributed by atoms with Crippen molar-refractivity contribution in [2.45, 2.75) is 17.4 Å². The zero-order valence-corrected chi connectivity index (χ0v) is 17.1. The fourth-order valence-electron chi connectivity index (χ4n) is 3.62. The second-order valence-corrected chi connectivity index (χ2v) is 9.62. The van der Waals surface area contributed by atoms with Gasteiger partial charge in [0.05, 0.1) is 17.9 Å². The monoisotopic (exact) mass is 441 g/mol. The highest BCUT2D eigenvalue weighted by Gasteiger charge is 2.44. The Morgan fingerprint density at radius 2 is 2.00 bits per heavy atom. The smallest absolute Gasteiger partial charge is 0.269 e. The molecule has 0 N–H and O–H groups in total. The molecule has 2 aliphatic heterocycles. The molecule has 8 nitrogen and oxygen atoms in total. The van der Waals surface area contributed by atoms with E-state index in [-0.39, 0.29) is 16.5 Å². The minimum Gasteiger partial charge on any atom is -0.463 e. The number of rotatable bonds is 4. The number of furan rings is 1. The number of hydrogen-bond acceptors (Lipinski definition) is 7. The van der Waals surface area contributed by atoms with Gasteiger partial charge in [-0.05, 0) is 35.7 Å². The lowest BCUT2D eigenvalue weighted by molar-refractivity contribution is -0.132. The quantitative estimate of drug-likeness (QED) is 0.620. The summed E-state index contributed by atoms with van der Waals surface area (Å²) in [5, 5.41) is 7.57. The topological polar surface area (TPSA) is 100 Å². The molecule has 0 fully saturated rings. The van der Waals surface area contributed by atoms with E-state index in [1.54, 1.807) is 24.3 Å². The summed E-state index contributed by atoms with van der Waals surface area (Å²) < 4.78 is 31.6. The number of amides is 2. The Morgan fingerprint density at radius 3 is 2.70 bits per heavy atom. The van der Waals surface area contributed by atoms with E-state index in [9.17, 15) is 18.0 Å². The number of benzene rings is 1. The highest BCUT2D eigenvalue weighted by atomic mass is 32.2. The second kappa shape index (κ2) is 6.92. The van der Waals surface area contributed by atoms with Gasteiger partial charge in [-0.2, -0.15) is 5.10 Å². The molecule has 0 saturated carbocycles. The van der Waals surface area contributed by atoms with E-state index in [0.29, 0.717) is 22.2 Å². The number of fused-ring (bicyclic) bond motifs is 1. The van der Waals surface area contributed by atoms with Gasteiger partial charge < -0.3 is 4.42 Å². The molecule has 2 amide bonds. The summed E-state index contributed by atoms with van der Waals surface area (Å²) in [5.74, 6) is -0.745. The molecule has 2 aliphatic rings. The number of thiophene rings is 1. The van der Waals surface area contributed by atoms with Gasteiger partial charge in [0.25, 0.3) is 21.8 Å². The van der Waals surface area contributed by atoms with Crippen LogP contribution in [0.4, 0.5) is 0 Å². The first-order chi connectivity index (χ1) is 14.5. The van der Waals surface area contributed by atoms with Crippen LogP contribution in [-0.2, 0) is 14.8 Å². The first-order valence-electron chi connectivity index (χ1n) is 9.10. The molecule has 0 unspecified atom stereocenters. The number of hydrazone groups is 1. The Bertz CT molecular complexity index is 1260. The minimum atomic E-state index is -4.08. The SMILES string of the molecule is O=C(CN1C(=O)c2ccccc2S1(=O)=O)N1N=C(c2ccco2)C[C@H]1c1cccs1. The third-order valence-electron chi connectivity index (χ3n) is 5.03. The van der Waals surface area contributed by atoms with Crippen LogP contribution >= 0.6 is 11.3 Å². The second-order valence-electron chi connectivity index (χ2n) is 6.81. The molecule has 152 valence electrons. The molecule has 1 atom stereocenters. The fraction of sp³-hybridized carbons (Fsp3) is 0.150. The van der Waals surface area contributed by atoms with Gasteiger partial charge in [-0.25, -0.2) is 17.7 Å². The summed E-state index contributed by atoms with van der Waals surface area (Å²) in [6.07, 6.45) is 1.95. The number of sulfonamides is 1. The van der Waals surface area contributed by atoms with Crippen molar-refractivity contribution in [2.75, 3.05) is 6.54 Å². The average molecular weight is 441 g/mol. The van der Waals surface area contributed by atoms with E-state index in [4.69, 9.17) is 4.42 Å². The standard InChI is InChI=1S/C20H15N3O5S2/c24-19(12-22-20(25)13-5-1-2-8-18(13)30(22,26)27)23-15(17-7-4-10-29-17)11-14(21-23)16-6-3-9-28-16/h1-10,15H,11-12H2/t15-/m0/s1. The Balaban J connectivity index is 1.46. The summed E-state index contributed by atoms with van der Waals surface area (Å²) in [4.78, 5) is 26.6. The largest absolute Gasteiger partial charge is 0.463 e. The maximum absolute atomic E-state index is 13.1. The Hall–Kier alpha value is -3.24. The van der Waals surface area contributed by atoms with E-state index in [1.165, 1.54) is 34.7 Å². The van der Waals surface area contributed by atoms with Crippen LogP contribution in [0.3, 0.4) is 0 Å². The summed E-state index contributed by atoms with van der Waals surface area (Å²) >= 11 is 1.48. The first-order valence-corrected chi connectivity index (χ1v) is 11.4. The van der Waals surface area contributed by atoms with Crippen molar-refractivity contribution < 1.29 is 22.4 Å². The van der Waals surface area contributed by atoms with E-state index >= 15 is 0 Å². The lowest BCUT2D eigenvalue weighted by Crippen LogP contribution is -2.40. The molecule has 0 radical (unpaired) electrons. The normalized spacial score (nSPS) is 19.8. The first kappa shape index (κ1) is 18.8. The number of carbonyl (C=O) groups is 2. The van der Waals surface area contributed by atoms with Gasteiger partial charge in [0.15, 0.2) is 0 Å². The lowest BCUT2D eigenvalue weighted by Gasteiger charge is -2.23. The molecule has 30 heavy (non-hydrogen) atoms. The van der Waals surface area contributed by atoms with Crippen LogP contribution in [0, 0.1) is 0 Å². The minimum absolute atomic E-state index is 0.0707. The van der Waals surface area contributed by atoms with Crippen LogP contribution in [0.25, 0.3) is 0 Å². The molecular formula is C20H15N3O5S2. The summed E-state index contributed by atoms with van der Waals surface area (Å²) in [7, 11) is -4.08. The highest BCUT2D eigenvalue weighted by Crippen LogP contribution is 2.36. The van der Waals surface area contributed by atoms with Crippen LogP contribution < -0.4 is 0 Å². The third-order valence-corrected chi connectivity index (χ3v) is 7.79. The van der Waals surface area contributed by atoms with E-state index in [2.05, 4.69) is 5.10 Å². The molecule has 4 heterocycles. The van der Waals surface area contributed by atoms with Gasteiger partial charge in [0.1, 0.15) is 22.9 Å². The maximum Gasteiger partial charge on any atom is 0.269 e. The van der Waals surface area contributed by atoms with Gasteiger partial charge in [0, 0.05) is 11.3 Å². The summed E-state index contributed by atoms with van der Waals surface area (Å²) in [6, 6.07) is 12.8. The lowest BCUT2D eigenvalue weighted by atomic mass is 10.1. The molecule has 3 aromatic rings. The molecule has 1 aromatic carbocycles. The summed E-state index contributed by atoms with van der Waals surface area (Å²) in [5.41, 5.74) is 0.659. The van der Waals surface area contributed by atoms with Gasteiger partial charge in [0.2, 0.25) is 0 Å². The van der Waals surface area contributed by atoms with Gasteiger partial charge in [-0.3, -0.25) is 9.59 Å². The maximum atomic E-state index is 13.1. The Morgan fingerprint density at radius 1 is 1.17 bits per heavy atom. The fourth-order valence-corrected chi connectivity index (χ4v) is 5.95. The van der Waals surface area contributed by atoms with Crippen molar-refractivity contribution >= 4 is 38.9 Å². The number of nitrogens with zero attached hydrogens (tertiary/aromatic N) is 3. The van der Waals surface area contributed by atoms with E-state index < -0.39 is 28.4 Å². The number of hydrogen-bond donors (Lipinski definition) is 0. The molecule has 10 heteroatoms. The average Bonchev–Trinajstić information content (AvgIpc) is 3.52. The van der Waals surface area contributed by atoms with Crippen LogP contribution in [-0.4, -0.2) is 41.8 Å². The molecule has 0 spiro atoms. The van der Waals surface area contributed by atoms with E-state index in [0.717, 1.165) is 4.88 Å². The molecule has 0 aliphatic carbocycles. The Kier molecular flexibility index (Phi) is 4.33. The zero-order chi connectivity index (χ0) is 20.9. The van der Waals surface area contributed by atoms with Gasteiger partial charge in [-0.15, -0.1) is 11.3 Å². The van der Waals surface area contributed by atoms with Crippen molar-refractivity contribution in [3.63, 3.8) is 0 Å². The van der Waals surface area contributed by atoms with Crippen molar-refractivity contribution in [2.24, 2.45) is 5.10 Å². The van der Waals surface area contributed by atoms with Crippen LogP contribution in [0.1, 0.15) is 33.5 Å². The van der Waals surface area contributed by atoms with E-state index in [1.807, 2.05) is 17.5 Å².